The molecule has 0 spiro atoms. The van der Waals surface area contributed by atoms with Crippen LogP contribution in [0.15, 0.2) is 11.4 Å². The molecule has 16 heavy (non-hydrogen) atoms. The van der Waals surface area contributed by atoms with E-state index < -0.39 is 0 Å². The highest BCUT2D eigenvalue weighted by Crippen LogP contribution is 2.15. The molecule has 2 aromatic heterocycles. The number of nitrogens with zero attached hydrogens (tertiary/aromatic N) is 3. The Labute approximate surface area is 97.1 Å². The number of hydrogen-bond acceptors (Lipinski definition) is 4. The Morgan fingerprint density at radius 2 is 2.19 bits per heavy atom. The SMILES string of the molecule is Cc1csc(NC(=O)c2cc(C)nn2C)n1. The topological polar surface area (TPSA) is 59.8 Å². The highest BCUT2D eigenvalue weighted by atomic mass is 32.1. The first-order chi connectivity index (χ1) is 7.56. The maximum absolute atomic E-state index is 11.9. The second kappa shape index (κ2) is 4.05. The van der Waals surface area contributed by atoms with E-state index in [1.807, 2.05) is 19.2 Å². The third-order valence-corrected chi connectivity index (χ3v) is 2.95. The lowest BCUT2D eigenvalue weighted by atomic mass is 10.3. The van der Waals surface area contributed by atoms with Crippen molar-refractivity contribution in [1.29, 1.82) is 0 Å². The van der Waals surface area contributed by atoms with Crippen molar-refractivity contribution in [2.75, 3.05) is 5.32 Å². The van der Waals surface area contributed by atoms with Gasteiger partial charge in [0.05, 0.1) is 11.4 Å². The van der Waals surface area contributed by atoms with Gasteiger partial charge in [-0.1, -0.05) is 0 Å². The van der Waals surface area contributed by atoms with Crippen LogP contribution in [0.25, 0.3) is 0 Å². The fourth-order valence-corrected chi connectivity index (χ4v) is 2.08. The zero-order valence-electron chi connectivity index (χ0n) is 9.31. The third kappa shape index (κ3) is 2.11. The maximum atomic E-state index is 11.9. The van der Waals surface area contributed by atoms with Crippen LogP contribution in [-0.2, 0) is 7.05 Å². The fourth-order valence-electron chi connectivity index (χ4n) is 1.40. The number of nitrogens with one attached hydrogen (secondary N) is 1. The number of hydrogen-bond donors (Lipinski definition) is 1. The molecule has 84 valence electrons. The van der Waals surface area contributed by atoms with Gasteiger partial charge in [0.25, 0.3) is 5.91 Å². The molecule has 0 radical (unpaired) electrons. The van der Waals surface area contributed by atoms with Crippen molar-refractivity contribution in [1.82, 2.24) is 14.8 Å². The Balaban J connectivity index is 2.17. The van der Waals surface area contributed by atoms with Gasteiger partial charge in [-0.25, -0.2) is 4.98 Å². The highest BCUT2D eigenvalue weighted by molar-refractivity contribution is 7.13. The van der Waals surface area contributed by atoms with Gasteiger partial charge in [-0.2, -0.15) is 5.10 Å². The molecule has 2 heterocycles. The van der Waals surface area contributed by atoms with Crippen LogP contribution in [0.2, 0.25) is 0 Å². The molecule has 0 aliphatic rings. The van der Waals surface area contributed by atoms with Gasteiger partial charge in [0.15, 0.2) is 5.13 Å². The predicted octanol–water partition coefficient (Wildman–Crippen LogP) is 1.75. The summed E-state index contributed by atoms with van der Waals surface area (Å²) < 4.78 is 1.56. The van der Waals surface area contributed by atoms with Crippen molar-refractivity contribution in [3.63, 3.8) is 0 Å². The van der Waals surface area contributed by atoms with E-state index in [1.165, 1.54) is 11.3 Å². The summed E-state index contributed by atoms with van der Waals surface area (Å²) in [6, 6.07) is 1.75. The van der Waals surface area contributed by atoms with Crippen LogP contribution in [0.3, 0.4) is 0 Å². The van der Waals surface area contributed by atoms with E-state index in [-0.39, 0.29) is 5.91 Å². The van der Waals surface area contributed by atoms with Crippen molar-refractivity contribution in [2.45, 2.75) is 13.8 Å². The Hall–Kier alpha value is -1.69. The molecule has 2 rings (SSSR count). The summed E-state index contributed by atoms with van der Waals surface area (Å²) in [6.45, 7) is 3.74. The lowest BCUT2D eigenvalue weighted by Gasteiger charge is -2.00. The number of aryl methyl sites for hydroxylation is 3. The zero-order valence-corrected chi connectivity index (χ0v) is 10.1. The van der Waals surface area contributed by atoms with Crippen LogP contribution < -0.4 is 5.32 Å². The molecule has 6 heteroatoms. The van der Waals surface area contributed by atoms with Gasteiger partial charge in [-0.05, 0) is 19.9 Å². The molecule has 0 aromatic carbocycles. The average Bonchev–Trinajstić information content (AvgIpc) is 2.73. The molecule has 1 amide bonds. The summed E-state index contributed by atoms with van der Waals surface area (Å²) in [6.07, 6.45) is 0. The number of aromatic nitrogens is 3. The minimum absolute atomic E-state index is 0.183. The normalized spacial score (nSPS) is 10.4. The Bertz CT molecular complexity index is 529. The molecule has 0 bridgehead atoms. The highest BCUT2D eigenvalue weighted by Gasteiger charge is 2.13. The van der Waals surface area contributed by atoms with Gasteiger partial charge in [0.2, 0.25) is 0 Å². The lowest BCUT2D eigenvalue weighted by molar-refractivity contribution is 0.101. The molecule has 0 unspecified atom stereocenters. The number of rotatable bonds is 2. The Kier molecular flexibility index (Phi) is 2.74. The molecule has 0 aliphatic heterocycles. The largest absolute Gasteiger partial charge is 0.296 e. The van der Waals surface area contributed by atoms with Gasteiger partial charge in [0, 0.05) is 12.4 Å². The molecule has 0 saturated heterocycles. The summed E-state index contributed by atoms with van der Waals surface area (Å²) in [5, 5.41) is 9.36. The van der Waals surface area contributed by atoms with E-state index >= 15 is 0 Å². The van der Waals surface area contributed by atoms with E-state index in [1.54, 1.807) is 17.8 Å². The summed E-state index contributed by atoms with van der Waals surface area (Å²) in [4.78, 5) is 16.0. The molecule has 5 nitrogen and oxygen atoms in total. The fraction of sp³-hybridized carbons (Fsp3) is 0.300. The number of thiazole rings is 1. The minimum atomic E-state index is -0.183. The third-order valence-electron chi connectivity index (χ3n) is 2.07. The second-order valence-electron chi connectivity index (χ2n) is 3.54. The lowest BCUT2D eigenvalue weighted by Crippen LogP contribution is -2.15. The van der Waals surface area contributed by atoms with Gasteiger partial charge in [-0.15, -0.1) is 11.3 Å². The number of carbonyl (C=O) groups is 1. The van der Waals surface area contributed by atoms with E-state index in [4.69, 9.17) is 0 Å². The Morgan fingerprint density at radius 1 is 1.44 bits per heavy atom. The van der Waals surface area contributed by atoms with Gasteiger partial charge in [0.1, 0.15) is 5.69 Å². The molecule has 0 saturated carbocycles. The van der Waals surface area contributed by atoms with Crippen LogP contribution in [-0.4, -0.2) is 20.7 Å². The molecule has 1 N–H and O–H groups in total. The smallest absolute Gasteiger partial charge is 0.275 e. The van der Waals surface area contributed by atoms with Crippen molar-refractivity contribution >= 4 is 22.4 Å². The number of amides is 1. The number of carbonyl (C=O) groups excluding carboxylic acids is 1. The first kappa shape index (κ1) is 10.8. The summed E-state index contributed by atoms with van der Waals surface area (Å²) in [5.74, 6) is -0.183. The first-order valence-corrected chi connectivity index (χ1v) is 5.68. The van der Waals surface area contributed by atoms with E-state index in [2.05, 4.69) is 15.4 Å². The summed E-state index contributed by atoms with van der Waals surface area (Å²) >= 11 is 1.41. The number of anilines is 1. The van der Waals surface area contributed by atoms with Crippen molar-refractivity contribution < 1.29 is 4.79 Å². The van der Waals surface area contributed by atoms with Crippen molar-refractivity contribution in [3.05, 3.63) is 28.5 Å². The summed E-state index contributed by atoms with van der Waals surface area (Å²) in [5.41, 5.74) is 2.26. The van der Waals surface area contributed by atoms with Crippen LogP contribution in [0, 0.1) is 13.8 Å². The van der Waals surface area contributed by atoms with Crippen molar-refractivity contribution in [2.24, 2.45) is 7.05 Å². The van der Waals surface area contributed by atoms with E-state index in [0.29, 0.717) is 10.8 Å². The minimum Gasteiger partial charge on any atom is -0.296 e. The molecule has 0 aliphatic carbocycles. The van der Waals surface area contributed by atoms with Crippen molar-refractivity contribution in [3.8, 4) is 0 Å². The first-order valence-electron chi connectivity index (χ1n) is 4.80. The van der Waals surface area contributed by atoms with E-state index in [9.17, 15) is 4.79 Å². The zero-order chi connectivity index (χ0) is 11.7. The molecule has 0 fully saturated rings. The second-order valence-corrected chi connectivity index (χ2v) is 4.40. The Morgan fingerprint density at radius 3 is 2.69 bits per heavy atom. The molecular formula is C10H12N4OS. The molecular weight excluding hydrogens is 224 g/mol. The summed E-state index contributed by atoms with van der Waals surface area (Å²) in [7, 11) is 1.75. The predicted molar refractivity (Wildman–Crippen MR) is 62.7 cm³/mol. The van der Waals surface area contributed by atoms with Crippen LogP contribution >= 0.6 is 11.3 Å². The standard InChI is InChI=1S/C10H12N4OS/c1-6-4-8(14(3)13-6)9(15)12-10-11-7(2)5-16-10/h4-5H,1-3H3,(H,11,12,15). The average molecular weight is 236 g/mol. The quantitative estimate of drug-likeness (QED) is 0.864. The van der Waals surface area contributed by atoms with Gasteiger partial charge < -0.3 is 0 Å². The molecule has 0 atom stereocenters. The van der Waals surface area contributed by atoms with Gasteiger partial charge in [-0.3, -0.25) is 14.8 Å². The monoisotopic (exact) mass is 236 g/mol. The van der Waals surface area contributed by atoms with Gasteiger partial charge >= 0.3 is 0 Å². The maximum Gasteiger partial charge on any atom is 0.275 e. The van der Waals surface area contributed by atoms with Crippen LogP contribution in [0.4, 0.5) is 5.13 Å². The van der Waals surface area contributed by atoms with Crippen LogP contribution in [0.5, 0.6) is 0 Å². The molecule has 2 aromatic rings. The van der Waals surface area contributed by atoms with E-state index in [0.717, 1.165) is 11.4 Å². The van der Waals surface area contributed by atoms with Crippen LogP contribution in [0.1, 0.15) is 21.9 Å².